The van der Waals surface area contributed by atoms with Gasteiger partial charge in [-0.3, -0.25) is 13.9 Å². The minimum Gasteiger partial charge on any atom is -0.352 e. The minimum absolute atomic E-state index is 0.00509. The second-order valence-corrected chi connectivity index (χ2v) is 15.1. The average Bonchev–Trinajstić information content (AvgIpc) is 3.08. The lowest BCUT2D eigenvalue weighted by molar-refractivity contribution is -0.140. The molecule has 10 heteroatoms. The van der Waals surface area contributed by atoms with Crippen LogP contribution >= 0.6 is 23.2 Å². The first-order valence-corrected chi connectivity index (χ1v) is 18.5. The van der Waals surface area contributed by atoms with Crippen LogP contribution in [0.5, 0.6) is 0 Å². The summed E-state index contributed by atoms with van der Waals surface area (Å²) in [7, 11) is -4.19. The molecule has 1 aliphatic carbocycles. The van der Waals surface area contributed by atoms with Gasteiger partial charge in [0.2, 0.25) is 11.8 Å². The number of nitrogens with zero attached hydrogens (tertiary/aromatic N) is 2. The van der Waals surface area contributed by atoms with Crippen molar-refractivity contribution in [2.24, 2.45) is 0 Å². The van der Waals surface area contributed by atoms with E-state index in [1.807, 2.05) is 56.3 Å². The molecule has 48 heavy (non-hydrogen) atoms. The average molecular weight is 707 g/mol. The maximum atomic E-state index is 14.8. The monoisotopic (exact) mass is 705 g/mol. The predicted octanol–water partition coefficient (Wildman–Crippen LogP) is 7.89. The smallest absolute Gasteiger partial charge is 0.264 e. The Morgan fingerprint density at radius 3 is 2.19 bits per heavy atom. The van der Waals surface area contributed by atoms with Gasteiger partial charge in [0.05, 0.1) is 10.6 Å². The summed E-state index contributed by atoms with van der Waals surface area (Å²) in [5, 5.41) is 4.00. The number of hydrogen-bond donors (Lipinski definition) is 1. The summed E-state index contributed by atoms with van der Waals surface area (Å²) < 4.78 is 29.8. The van der Waals surface area contributed by atoms with Crippen LogP contribution in [0.3, 0.4) is 0 Å². The second-order valence-electron chi connectivity index (χ2n) is 12.4. The van der Waals surface area contributed by atoms with E-state index < -0.39 is 28.5 Å². The predicted molar refractivity (Wildman–Crippen MR) is 193 cm³/mol. The first kappa shape index (κ1) is 35.5. The fourth-order valence-electron chi connectivity index (χ4n) is 6.15. The number of nitrogens with one attached hydrogen (secondary N) is 1. The van der Waals surface area contributed by atoms with Crippen molar-refractivity contribution in [1.82, 2.24) is 10.2 Å². The van der Waals surface area contributed by atoms with Gasteiger partial charge in [-0.15, -0.1) is 0 Å². The van der Waals surface area contributed by atoms with Gasteiger partial charge < -0.3 is 10.2 Å². The lowest BCUT2D eigenvalue weighted by Gasteiger charge is -2.35. The van der Waals surface area contributed by atoms with Crippen LogP contribution in [-0.2, 0) is 32.6 Å². The van der Waals surface area contributed by atoms with Crippen LogP contribution < -0.4 is 9.62 Å². The number of carbonyl (C=O) groups is 2. The number of carbonyl (C=O) groups excluding carboxylic acids is 2. The number of hydrogen-bond acceptors (Lipinski definition) is 4. The van der Waals surface area contributed by atoms with Crippen LogP contribution in [0, 0.1) is 13.8 Å². The van der Waals surface area contributed by atoms with Gasteiger partial charge >= 0.3 is 0 Å². The maximum Gasteiger partial charge on any atom is 0.264 e. The lowest BCUT2D eigenvalue weighted by atomic mass is 9.94. The highest BCUT2D eigenvalue weighted by Crippen LogP contribution is 2.30. The van der Waals surface area contributed by atoms with E-state index in [9.17, 15) is 18.0 Å². The van der Waals surface area contributed by atoms with E-state index in [2.05, 4.69) is 5.32 Å². The highest BCUT2D eigenvalue weighted by Gasteiger charge is 2.36. The van der Waals surface area contributed by atoms with Crippen molar-refractivity contribution in [1.29, 1.82) is 0 Å². The molecule has 0 bridgehead atoms. The third-order valence-electron chi connectivity index (χ3n) is 8.82. The van der Waals surface area contributed by atoms with E-state index in [0.717, 1.165) is 47.5 Å². The first-order chi connectivity index (χ1) is 23.0. The minimum atomic E-state index is -4.19. The van der Waals surface area contributed by atoms with Gasteiger partial charge in [-0.2, -0.15) is 0 Å². The fraction of sp³-hybridized carbons (Fsp3) is 0.316. The van der Waals surface area contributed by atoms with Crippen molar-refractivity contribution in [3.8, 4) is 0 Å². The number of sulfonamides is 1. The summed E-state index contributed by atoms with van der Waals surface area (Å²) in [6.07, 6.45) is 5.15. The van der Waals surface area contributed by atoms with E-state index in [4.69, 9.17) is 23.2 Å². The normalized spacial score (nSPS) is 14.2. The molecule has 0 saturated heterocycles. The Morgan fingerprint density at radius 1 is 0.854 bits per heavy atom. The molecule has 0 unspecified atom stereocenters. The lowest BCUT2D eigenvalue weighted by Crippen LogP contribution is -2.55. The Bertz CT molecular complexity index is 1830. The van der Waals surface area contributed by atoms with Crippen molar-refractivity contribution >= 4 is 50.7 Å². The number of anilines is 1. The van der Waals surface area contributed by atoms with Gasteiger partial charge in [-0.1, -0.05) is 109 Å². The van der Waals surface area contributed by atoms with Crippen molar-refractivity contribution in [2.45, 2.75) is 75.9 Å². The van der Waals surface area contributed by atoms with Crippen LogP contribution in [0.4, 0.5) is 5.69 Å². The molecule has 2 amide bonds. The van der Waals surface area contributed by atoms with E-state index in [1.54, 1.807) is 42.5 Å². The zero-order valence-electron chi connectivity index (χ0n) is 27.2. The fourth-order valence-corrected chi connectivity index (χ4v) is 8.11. The molecule has 1 fully saturated rings. The molecule has 7 nitrogen and oxygen atoms in total. The van der Waals surface area contributed by atoms with Crippen molar-refractivity contribution in [3.63, 3.8) is 0 Å². The molecule has 5 rings (SSSR count). The largest absolute Gasteiger partial charge is 0.352 e. The van der Waals surface area contributed by atoms with Crippen LogP contribution in [-0.4, -0.2) is 43.8 Å². The van der Waals surface area contributed by atoms with E-state index in [0.29, 0.717) is 26.9 Å². The molecule has 252 valence electrons. The van der Waals surface area contributed by atoms with Crippen LogP contribution in [0.25, 0.3) is 0 Å². The zero-order chi connectivity index (χ0) is 34.3. The van der Waals surface area contributed by atoms with Gasteiger partial charge in [-0.25, -0.2) is 8.42 Å². The molecule has 0 radical (unpaired) electrons. The molecule has 0 spiro atoms. The number of amides is 2. The van der Waals surface area contributed by atoms with Gasteiger partial charge in [-0.05, 0) is 79.3 Å². The molecular formula is C38H41Cl2N3O4S. The topological polar surface area (TPSA) is 86.8 Å². The molecular weight excluding hydrogens is 665 g/mol. The van der Waals surface area contributed by atoms with Crippen LogP contribution in [0.2, 0.25) is 10.0 Å². The molecule has 1 saturated carbocycles. The zero-order valence-corrected chi connectivity index (χ0v) is 29.6. The molecule has 1 aliphatic rings. The summed E-state index contributed by atoms with van der Waals surface area (Å²) >= 11 is 12.9. The van der Waals surface area contributed by atoms with E-state index in [-0.39, 0.29) is 29.8 Å². The van der Waals surface area contributed by atoms with Gasteiger partial charge in [0, 0.05) is 29.1 Å². The Labute approximate surface area is 293 Å². The Kier molecular flexibility index (Phi) is 11.8. The third kappa shape index (κ3) is 8.78. The standard InChI is InChI=1S/C38H41Cl2N3O4S/c1-27-18-19-28(2)35(22-27)43(48(46,47)33-16-10-5-11-17-33)26-37(44)42(25-30-20-21-31(39)24-34(30)40)36(23-29-12-6-3-7-13-29)38(45)41-32-14-8-4-9-15-32/h3,5-7,10-13,16-22,24,32,36H,4,8-9,14-15,23,25-26H2,1-2H3,(H,41,45)/t36-/m0/s1. The summed E-state index contributed by atoms with van der Waals surface area (Å²) in [6, 6.07) is 27.1. The van der Waals surface area contributed by atoms with Crippen molar-refractivity contribution < 1.29 is 18.0 Å². The second kappa shape index (κ2) is 16.0. The molecule has 1 N–H and O–H groups in total. The molecule has 0 aromatic heterocycles. The summed E-state index contributed by atoms with van der Waals surface area (Å²) in [6.45, 7) is 3.12. The van der Waals surface area contributed by atoms with Crippen LogP contribution in [0.1, 0.15) is 54.4 Å². The number of aryl methyl sites for hydroxylation is 2. The molecule has 0 heterocycles. The first-order valence-electron chi connectivity index (χ1n) is 16.3. The third-order valence-corrected chi connectivity index (χ3v) is 11.2. The van der Waals surface area contributed by atoms with Crippen molar-refractivity contribution in [2.75, 3.05) is 10.8 Å². The summed E-state index contributed by atoms with van der Waals surface area (Å²) in [4.78, 5) is 30.6. The van der Waals surface area contributed by atoms with Crippen LogP contribution in [0.15, 0.2) is 102 Å². The van der Waals surface area contributed by atoms with Gasteiger partial charge in [0.15, 0.2) is 0 Å². The Balaban J connectivity index is 1.60. The highest BCUT2D eigenvalue weighted by molar-refractivity contribution is 7.92. The number of benzene rings is 4. The molecule has 0 aliphatic heterocycles. The number of rotatable bonds is 12. The van der Waals surface area contributed by atoms with Gasteiger partial charge in [0.1, 0.15) is 12.6 Å². The van der Waals surface area contributed by atoms with E-state index in [1.165, 1.54) is 17.0 Å². The van der Waals surface area contributed by atoms with Gasteiger partial charge in [0.25, 0.3) is 10.0 Å². The SMILES string of the molecule is Cc1ccc(C)c(N(CC(=O)N(Cc2ccc(Cl)cc2Cl)[C@@H](Cc2ccccc2)C(=O)NC2CCCCC2)S(=O)(=O)c2ccccc2)c1. The molecule has 4 aromatic rings. The maximum absolute atomic E-state index is 14.8. The Morgan fingerprint density at radius 2 is 1.52 bits per heavy atom. The summed E-state index contributed by atoms with van der Waals surface area (Å²) in [5.74, 6) is -0.824. The highest BCUT2D eigenvalue weighted by atomic mass is 35.5. The quantitative estimate of drug-likeness (QED) is 0.162. The Hall–Kier alpha value is -3.85. The molecule has 1 atom stereocenters. The van der Waals surface area contributed by atoms with Crippen molar-refractivity contribution in [3.05, 3.63) is 129 Å². The van der Waals surface area contributed by atoms with E-state index >= 15 is 0 Å². The number of halogens is 2. The molecule has 4 aromatic carbocycles. The summed E-state index contributed by atoms with van der Waals surface area (Å²) in [5.41, 5.74) is 3.38.